The van der Waals surface area contributed by atoms with Crippen LogP contribution in [0.1, 0.15) is 24.4 Å². The van der Waals surface area contributed by atoms with Crippen molar-refractivity contribution in [2.75, 3.05) is 0 Å². The Morgan fingerprint density at radius 1 is 1.33 bits per heavy atom. The highest BCUT2D eigenvalue weighted by Gasteiger charge is 2.31. The predicted octanol–water partition coefficient (Wildman–Crippen LogP) is 2.59. The Balaban J connectivity index is 2.17. The Labute approximate surface area is 89.7 Å². The van der Waals surface area contributed by atoms with Crippen LogP contribution in [-0.4, -0.2) is 4.57 Å². The third kappa shape index (κ3) is 1.37. The summed E-state index contributed by atoms with van der Waals surface area (Å²) in [6.45, 7) is 0. The maximum Gasteiger partial charge on any atom is 0.0481 e. The number of aryl methyl sites for hydroxylation is 1. The lowest BCUT2D eigenvalue weighted by molar-refractivity contribution is 0.636. The van der Waals surface area contributed by atoms with Gasteiger partial charge in [-0.25, -0.2) is 0 Å². The van der Waals surface area contributed by atoms with Crippen molar-refractivity contribution in [1.29, 1.82) is 0 Å². The molecule has 0 bridgehead atoms. The van der Waals surface area contributed by atoms with Crippen LogP contribution >= 0.6 is 0 Å². The normalized spacial score (nSPS) is 18.3. The molecule has 1 heterocycles. The SMILES string of the molecule is Cn1cc([C@@H](N)C2CC2)c2ccccc21. The third-order valence-electron chi connectivity index (χ3n) is 3.42. The summed E-state index contributed by atoms with van der Waals surface area (Å²) < 4.78 is 2.17. The van der Waals surface area contributed by atoms with Crippen molar-refractivity contribution in [3.8, 4) is 0 Å². The molecule has 2 N–H and O–H groups in total. The second-order valence-electron chi connectivity index (χ2n) is 4.58. The number of rotatable bonds is 2. The fourth-order valence-corrected chi connectivity index (χ4v) is 2.35. The molecule has 0 aliphatic heterocycles. The number of para-hydroxylation sites is 1. The fraction of sp³-hybridized carbons (Fsp3) is 0.385. The van der Waals surface area contributed by atoms with Crippen molar-refractivity contribution in [3.05, 3.63) is 36.0 Å². The number of hydrogen-bond donors (Lipinski definition) is 1. The number of hydrogen-bond acceptors (Lipinski definition) is 1. The lowest BCUT2D eigenvalue weighted by Crippen LogP contribution is -2.11. The Kier molecular flexibility index (Phi) is 1.86. The van der Waals surface area contributed by atoms with Gasteiger partial charge in [0.1, 0.15) is 0 Å². The van der Waals surface area contributed by atoms with Gasteiger partial charge >= 0.3 is 0 Å². The first-order valence-electron chi connectivity index (χ1n) is 5.57. The number of fused-ring (bicyclic) bond motifs is 1. The first-order valence-corrected chi connectivity index (χ1v) is 5.57. The van der Waals surface area contributed by atoms with Crippen LogP contribution in [0.2, 0.25) is 0 Å². The van der Waals surface area contributed by atoms with Gasteiger partial charge in [-0.1, -0.05) is 18.2 Å². The van der Waals surface area contributed by atoms with Gasteiger partial charge in [0.15, 0.2) is 0 Å². The third-order valence-corrected chi connectivity index (χ3v) is 3.42. The summed E-state index contributed by atoms with van der Waals surface area (Å²) in [6.07, 6.45) is 4.78. The maximum absolute atomic E-state index is 6.27. The number of nitrogens with zero attached hydrogens (tertiary/aromatic N) is 1. The second-order valence-corrected chi connectivity index (χ2v) is 4.58. The van der Waals surface area contributed by atoms with Gasteiger partial charge in [-0.15, -0.1) is 0 Å². The molecular weight excluding hydrogens is 184 g/mol. The highest BCUT2D eigenvalue weighted by atomic mass is 14.9. The Morgan fingerprint density at radius 3 is 2.80 bits per heavy atom. The molecule has 1 aliphatic carbocycles. The zero-order valence-corrected chi connectivity index (χ0v) is 8.98. The van der Waals surface area contributed by atoms with Crippen molar-refractivity contribution in [2.24, 2.45) is 18.7 Å². The summed E-state index contributed by atoms with van der Waals surface area (Å²) >= 11 is 0. The van der Waals surface area contributed by atoms with Crippen LogP contribution in [0.3, 0.4) is 0 Å². The Hall–Kier alpha value is -1.28. The van der Waals surface area contributed by atoms with E-state index in [0.29, 0.717) is 0 Å². The lowest BCUT2D eigenvalue weighted by Gasteiger charge is -2.08. The van der Waals surface area contributed by atoms with Crippen LogP contribution in [0.4, 0.5) is 0 Å². The molecule has 0 radical (unpaired) electrons. The molecule has 0 unspecified atom stereocenters. The van der Waals surface area contributed by atoms with Crippen LogP contribution in [0, 0.1) is 5.92 Å². The van der Waals surface area contributed by atoms with Crippen LogP contribution in [0.15, 0.2) is 30.5 Å². The van der Waals surface area contributed by atoms with Crippen molar-refractivity contribution >= 4 is 10.9 Å². The van der Waals surface area contributed by atoms with E-state index >= 15 is 0 Å². The minimum Gasteiger partial charge on any atom is -0.350 e. The van der Waals surface area contributed by atoms with Gasteiger partial charge in [-0.3, -0.25) is 0 Å². The second kappa shape index (κ2) is 3.11. The minimum absolute atomic E-state index is 0.232. The highest BCUT2D eigenvalue weighted by molar-refractivity contribution is 5.84. The average molecular weight is 200 g/mol. The standard InChI is InChI=1S/C13H16N2/c1-15-8-11(13(14)9-6-7-9)10-4-2-3-5-12(10)15/h2-5,8-9,13H,6-7,14H2,1H3/t13-/m0/s1. The molecule has 1 saturated carbocycles. The van der Waals surface area contributed by atoms with E-state index in [9.17, 15) is 0 Å². The predicted molar refractivity (Wildman–Crippen MR) is 62.6 cm³/mol. The van der Waals surface area contributed by atoms with Crippen LogP contribution in [0.5, 0.6) is 0 Å². The molecule has 1 aromatic heterocycles. The van der Waals surface area contributed by atoms with Gasteiger partial charge in [-0.2, -0.15) is 0 Å². The van der Waals surface area contributed by atoms with E-state index in [0.717, 1.165) is 5.92 Å². The van der Waals surface area contributed by atoms with Gasteiger partial charge in [0.05, 0.1) is 0 Å². The molecule has 3 rings (SSSR count). The first kappa shape index (κ1) is 8.98. The largest absolute Gasteiger partial charge is 0.350 e. The van der Waals surface area contributed by atoms with Crippen molar-refractivity contribution in [2.45, 2.75) is 18.9 Å². The van der Waals surface area contributed by atoms with Crippen LogP contribution in [0.25, 0.3) is 10.9 Å². The van der Waals surface area contributed by atoms with Gasteiger partial charge in [0, 0.05) is 30.2 Å². The Bertz CT molecular complexity index is 494. The zero-order chi connectivity index (χ0) is 10.4. The van der Waals surface area contributed by atoms with E-state index in [1.165, 1.54) is 29.3 Å². The summed E-state index contributed by atoms with van der Waals surface area (Å²) in [5.74, 6) is 0.718. The molecule has 0 spiro atoms. The van der Waals surface area contributed by atoms with E-state index in [4.69, 9.17) is 5.73 Å². The van der Waals surface area contributed by atoms with E-state index in [1.807, 2.05) is 0 Å². The zero-order valence-electron chi connectivity index (χ0n) is 8.98. The molecule has 15 heavy (non-hydrogen) atoms. The topological polar surface area (TPSA) is 30.9 Å². The quantitative estimate of drug-likeness (QED) is 0.793. The highest BCUT2D eigenvalue weighted by Crippen LogP contribution is 2.41. The summed E-state index contributed by atoms with van der Waals surface area (Å²) in [4.78, 5) is 0. The van der Waals surface area contributed by atoms with E-state index in [1.54, 1.807) is 0 Å². The summed E-state index contributed by atoms with van der Waals surface area (Å²) in [7, 11) is 2.09. The average Bonchev–Trinajstić information content (AvgIpc) is 3.04. The smallest absolute Gasteiger partial charge is 0.0481 e. The molecule has 2 aromatic rings. The van der Waals surface area contributed by atoms with Gasteiger partial charge in [-0.05, 0) is 30.4 Å². The number of nitrogens with two attached hydrogens (primary N) is 1. The van der Waals surface area contributed by atoms with Crippen molar-refractivity contribution in [3.63, 3.8) is 0 Å². The monoisotopic (exact) mass is 200 g/mol. The van der Waals surface area contributed by atoms with Crippen molar-refractivity contribution < 1.29 is 0 Å². The molecule has 2 nitrogen and oxygen atoms in total. The molecule has 1 fully saturated rings. The first-order chi connectivity index (χ1) is 7.27. The number of aromatic nitrogens is 1. The molecule has 1 aliphatic rings. The van der Waals surface area contributed by atoms with Crippen molar-refractivity contribution in [1.82, 2.24) is 4.57 Å². The molecule has 2 heteroatoms. The van der Waals surface area contributed by atoms with E-state index in [-0.39, 0.29) is 6.04 Å². The molecule has 78 valence electrons. The summed E-state index contributed by atoms with van der Waals surface area (Å²) in [5, 5.41) is 1.32. The maximum atomic E-state index is 6.27. The van der Waals surface area contributed by atoms with Crippen LogP contribution in [-0.2, 0) is 7.05 Å². The molecule has 1 aromatic carbocycles. The summed E-state index contributed by atoms with van der Waals surface area (Å²) in [6, 6.07) is 8.72. The summed E-state index contributed by atoms with van der Waals surface area (Å²) in [5.41, 5.74) is 8.86. The van der Waals surface area contributed by atoms with E-state index < -0.39 is 0 Å². The van der Waals surface area contributed by atoms with Crippen LogP contribution < -0.4 is 5.73 Å². The molecule has 0 saturated heterocycles. The van der Waals surface area contributed by atoms with Gasteiger partial charge < -0.3 is 10.3 Å². The minimum atomic E-state index is 0.232. The van der Waals surface area contributed by atoms with Gasteiger partial charge in [0.25, 0.3) is 0 Å². The lowest BCUT2D eigenvalue weighted by atomic mass is 10.0. The fourth-order valence-electron chi connectivity index (χ4n) is 2.35. The molecule has 1 atom stereocenters. The number of benzene rings is 1. The van der Waals surface area contributed by atoms with Gasteiger partial charge in [0.2, 0.25) is 0 Å². The molecule has 0 amide bonds. The van der Waals surface area contributed by atoms with E-state index in [2.05, 4.69) is 42.1 Å². The Morgan fingerprint density at radius 2 is 2.07 bits per heavy atom. The molecular formula is C13H16N2.